The smallest absolute Gasteiger partial charge is 0.411 e. The molecule has 37 heavy (non-hydrogen) atoms. The first-order valence-corrected chi connectivity index (χ1v) is 13.3. The van der Waals surface area contributed by atoms with Crippen molar-refractivity contribution in [2.24, 2.45) is 0 Å². The van der Waals surface area contributed by atoms with Crippen molar-refractivity contribution in [3.8, 4) is 0 Å². The number of ether oxygens (including phenoxy) is 1. The fourth-order valence-corrected chi connectivity index (χ4v) is 5.34. The van der Waals surface area contributed by atoms with Crippen LogP contribution in [0.2, 0.25) is 0 Å². The summed E-state index contributed by atoms with van der Waals surface area (Å²) in [5.74, 6) is -1.90. The molecule has 1 aliphatic heterocycles. The number of alkyl carbamates (subject to hydrolysis) is 1. The largest absolute Gasteiger partial charge is 0.445 e. The Morgan fingerprint density at radius 2 is 1.41 bits per heavy atom. The van der Waals surface area contributed by atoms with Crippen LogP contribution in [0.15, 0.2) is 60.7 Å². The highest BCUT2D eigenvalue weighted by Crippen LogP contribution is 2.24. The Bertz CT molecular complexity index is 1080. The minimum absolute atomic E-state index is 0.0332. The zero-order chi connectivity index (χ0) is 26.1. The first-order chi connectivity index (χ1) is 18.0. The summed E-state index contributed by atoms with van der Waals surface area (Å²) in [7, 11) is 0. The van der Waals surface area contributed by atoms with Gasteiger partial charge < -0.3 is 15.4 Å². The third kappa shape index (κ3) is 6.83. The number of likely N-dealkylation sites (tertiary alicyclic amines) is 1. The molecule has 2 aromatic rings. The first kappa shape index (κ1) is 26.5. The average Bonchev–Trinajstić information content (AvgIpc) is 3.43. The summed E-state index contributed by atoms with van der Waals surface area (Å²) in [4.78, 5) is 53.3. The van der Waals surface area contributed by atoms with Gasteiger partial charge in [-0.1, -0.05) is 79.9 Å². The van der Waals surface area contributed by atoms with Crippen molar-refractivity contribution in [2.75, 3.05) is 13.1 Å². The Morgan fingerprint density at radius 3 is 2.03 bits per heavy atom. The maximum atomic E-state index is 14.0. The molecule has 2 N–H and O–H groups in total. The van der Waals surface area contributed by atoms with Crippen LogP contribution in [0.5, 0.6) is 0 Å². The number of amides is 4. The van der Waals surface area contributed by atoms with Crippen LogP contribution in [-0.2, 0) is 32.1 Å². The maximum absolute atomic E-state index is 14.0. The number of nitrogens with zero attached hydrogens (tertiary/aromatic N) is 1. The van der Waals surface area contributed by atoms with Gasteiger partial charge in [-0.25, -0.2) is 14.4 Å². The summed E-state index contributed by atoms with van der Waals surface area (Å²) in [5, 5.41) is 5.58. The van der Waals surface area contributed by atoms with Crippen molar-refractivity contribution < 1.29 is 28.4 Å². The zero-order valence-electron chi connectivity index (χ0n) is 21.2. The summed E-state index contributed by atoms with van der Waals surface area (Å²) in [6, 6.07) is 17.5. The van der Waals surface area contributed by atoms with E-state index < -0.39 is 34.3 Å². The van der Waals surface area contributed by atoms with E-state index in [4.69, 9.17) is 4.74 Å². The Balaban J connectivity index is 1.51. The average molecular weight is 507 g/mol. The molecule has 196 valence electrons. The van der Waals surface area contributed by atoms with Crippen molar-refractivity contribution in [3.63, 3.8) is 0 Å². The molecular weight excluding hydrogens is 470 g/mol. The van der Waals surface area contributed by atoms with Crippen LogP contribution in [-0.4, -0.2) is 53.5 Å². The molecule has 1 aliphatic carbocycles. The molecule has 1 unspecified atom stereocenters. The predicted molar refractivity (Wildman–Crippen MR) is 138 cm³/mol. The molecule has 8 heteroatoms. The molecule has 2 fully saturated rings. The van der Waals surface area contributed by atoms with E-state index in [1.165, 1.54) is 0 Å². The molecule has 1 saturated heterocycles. The molecule has 8 nitrogen and oxygen atoms in total. The normalized spacial score (nSPS) is 17.9. The number of imide groups is 1. The van der Waals surface area contributed by atoms with E-state index in [9.17, 15) is 19.2 Å². The second kappa shape index (κ2) is 12.6. The highest BCUT2D eigenvalue weighted by atomic mass is 16.5. The van der Waals surface area contributed by atoms with Gasteiger partial charge in [-0.3, -0.25) is 4.79 Å². The summed E-state index contributed by atoms with van der Waals surface area (Å²) in [5.41, 5.74) is 1.65. The van der Waals surface area contributed by atoms with Gasteiger partial charge in [0.15, 0.2) is 6.04 Å². The molecule has 0 radical (unpaired) electrons. The highest BCUT2D eigenvalue weighted by molar-refractivity contribution is 6.33. The van der Waals surface area contributed by atoms with Crippen LogP contribution in [0.3, 0.4) is 0 Å². The molecule has 4 amide bonds. The predicted octanol–water partition coefficient (Wildman–Crippen LogP) is 3.64. The number of hydrogen-bond donors (Lipinski definition) is 2. The summed E-state index contributed by atoms with van der Waals surface area (Å²) in [6.07, 6.45) is 5.63. The zero-order valence-corrected chi connectivity index (χ0v) is 21.2. The quantitative estimate of drug-likeness (QED) is 0.441. The van der Waals surface area contributed by atoms with Crippen LogP contribution in [0, 0.1) is 0 Å². The van der Waals surface area contributed by atoms with Crippen molar-refractivity contribution in [1.82, 2.24) is 10.6 Å². The van der Waals surface area contributed by atoms with Crippen molar-refractivity contribution in [1.29, 1.82) is 0 Å². The monoisotopic (exact) mass is 506 g/mol. The lowest BCUT2D eigenvalue weighted by molar-refractivity contribution is -0.762. The van der Waals surface area contributed by atoms with E-state index in [1.807, 2.05) is 60.7 Å². The third-order valence-electron chi connectivity index (χ3n) is 7.36. The molecule has 2 aromatic carbocycles. The Labute approximate surface area is 218 Å². The van der Waals surface area contributed by atoms with Gasteiger partial charge in [-0.05, 0) is 24.0 Å². The molecule has 1 atom stereocenters. The van der Waals surface area contributed by atoms with Gasteiger partial charge in [0, 0.05) is 25.3 Å². The molecular formula is C29H36N3O5+. The maximum Gasteiger partial charge on any atom is 0.411 e. The van der Waals surface area contributed by atoms with Crippen molar-refractivity contribution in [3.05, 3.63) is 71.8 Å². The molecule has 0 spiro atoms. The van der Waals surface area contributed by atoms with Crippen LogP contribution in [0.25, 0.3) is 0 Å². The number of quaternary nitrogens is 1. The topological polar surface area (TPSA) is 102 Å². The second-order valence-electron chi connectivity index (χ2n) is 10.0. The van der Waals surface area contributed by atoms with Gasteiger partial charge in [-0.2, -0.15) is 4.48 Å². The summed E-state index contributed by atoms with van der Waals surface area (Å²) in [6.45, 7) is 0.561. The number of carbonyl (C=O) groups is 4. The Morgan fingerprint density at radius 1 is 0.811 bits per heavy atom. The lowest BCUT2D eigenvalue weighted by atomic mass is 9.95. The van der Waals surface area contributed by atoms with Crippen LogP contribution >= 0.6 is 0 Å². The Kier molecular flexibility index (Phi) is 9.06. The number of carbonyl (C=O) groups excluding carboxylic acids is 4. The molecule has 1 saturated carbocycles. The van der Waals surface area contributed by atoms with Crippen LogP contribution in [0.4, 0.5) is 4.79 Å². The fraction of sp³-hybridized carbons (Fsp3) is 0.448. The van der Waals surface area contributed by atoms with Crippen LogP contribution < -0.4 is 10.6 Å². The lowest BCUT2D eigenvalue weighted by Gasteiger charge is -2.32. The minimum Gasteiger partial charge on any atom is -0.445 e. The Hall–Kier alpha value is -3.52. The first-order valence-electron chi connectivity index (χ1n) is 13.3. The second-order valence-corrected chi connectivity index (χ2v) is 10.0. The minimum atomic E-state index is -1.02. The standard InChI is InChI=1S/C29H35N3O5/c33-26(30-24-16-8-3-9-17-24)28(35)32(18-10-11-19-32)27(34)25(20-22-12-4-1-5-13-22)31-29(36)37-21-23-14-6-2-7-15-23/h1-2,4-7,12-15,24-25H,3,8-11,16-21H2,(H-,30,31,33,36)/p+1. The molecule has 4 rings (SSSR count). The van der Waals surface area contributed by atoms with Gasteiger partial charge in [0.1, 0.15) is 6.61 Å². The van der Waals surface area contributed by atoms with Gasteiger partial charge >= 0.3 is 23.8 Å². The third-order valence-corrected chi connectivity index (χ3v) is 7.36. The number of rotatable bonds is 7. The lowest BCUT2D eigenvalue weighted by Crippen LogP contribution is -2.65. The van der Waals surface area contributed by atoms with E-state index >= 15 is 0 Å². The van der Waals surface area contributed by atoms with E-state index in [2.05, 4.69) is 10.6 Å². The number of hydrogen-bond acceptors (Lipinski definition) is 5. The summed E-state index contributed by atoms with van der Waals surface area (Å²) < 4.78 is 4.80. The van der Waals surface area contributed by atoms with Gasteiger partial charge in [0.05, 0.1) is 13.1 Å². The molecule has 2 aliphatic rings. The van der Waals surface area contributed by atoms with E-state index in [0.717, 1.165) is 43.2 Å². The van der Waals surface area contributed by atoms with E-state index in [-0.39, 0.29) is 32.2 Å². The molecule has 0 bridgehead atoms. The van der Waals surface area contributed by atoms with Gasteiger partial charge in [0.25, 0.3) is 0 Å². The fourth-order valence-electron chi connectivity index (χ4n) is 5.34. The summed E-state index contributed by atoms with van der Waals surface area (Å²) >= 11 is 0. The van der Waals surface area contributed by atoms with Crippen molar-refractivity contribution in [2.45, 2.75) is 70.1 Å². The molecule has 0 aromatic heterocycles. The van der Waals surface area contributed by atoms with E-state index in [1.54, 1.807) is 0 Å². The SMILES string of the molecule is O=C(NC(Cc1ccccc1)C(=O)[N+]1(C(=O)C(=O)NC2CCCCC2)CCCC1)OCc1ccccc1. The molecule has 1 heterocycles. The van der Waals surface area contributed by atoms with E-state index in [0.29, 0.717) is 12.8 Å². The van der Waals surface area contributed by atoms with Crippen LogP contribution in [0.1, 0.15) is 56.1 Å². The van der Waals surface area contributed by atoms with Gasteiger partial charge in [-0.15, -0.1) is 0 Å². The number of nitrogens with one attached hydrogen (secondary N) is 2. The number of benzene rings is 2. The van der Waals surface area contributed by atoms with Crippen molar-refractivity contribution >= 4 is 23.8 Å². The highest BCUT2D eigenvalue weighted by Gasteiger charge is 2.53. The van der Waals surface area contributed by atoms with Gasteiger partial charge in [0.2, 0.25) is 0 Å².